The van der Waals surface area contributed by atoms with Crippen molar-refractivity contribution in [3.05, 3.63) is 65.4 Å². The van der Waals surface area contributed by atoms with Crippen molar-refractivity contribution < 1.29 is 29.0 Å². The molecular formula is C20H17N3O6. The van der Waals surface area contributed by atoms with Gasteiger partial charge < -0.3 is 20.5 Å². The van der Waals surface area contributed by atoms with Gasteiger partial charge in [0, 0.05) is 0 Å². The van der Waals surface area contributed by atoms with Gasteiger partial charge in [0.2, 0.25) is 5.91 Å². The SMILES string of the molecule is COc1ccccc1NC(=O)CN1C(=O)NC(=Cc2ccc(C(=O)O)cc2)C1=O. The van der Waals surface area contributed by atoms with E-state index in [0.717, 1.165) is 4.90 Å². The van der Waals surface area contributed by atoms with E-state index in [4.69, 9.17) is 9.84 Å². The zero-order chi connectivity index (χ0) is 21.0. The smallest absolute Gasteiger partial charge is 0.335 e. The molecule has 0 bridgehead atoms. The van der Waals surface area contributed by atoms with Crippen molar-refractivity contribution >= 4 is 35.6 Å². The molecule has 1 aliphatic heterocycles. The number of hydrogen-bond acceptors (Lipinski definition) is 5. The number of urea groups is 1. The fourth-order valence-corrected chi connectivity index (χ4v) is 2.69. The van der Waals surface area contributed by atoms with E-state index >= 15 is 0 Å². The van der Waals surface area contributed by atoms with E-state index in [1.54, 1.807) is 24.3 Å². The largest absolute Gasteiger partial charge is 0.495 e. The highest BCUT2D eigenvalue weighted by Crippen LogP contribution is 2.23. The molecule has 3 N–H and O–H groups in total. The van der Waals surface area contributed by atoms with Crippen LogP contribution in [0.4, 0.5) is 10.5 Å². The Morgan fingerprint density at radius 3 is 2.48 bits per heavy atom. The van der Waals surface area contributed by atoms with Crippen molar-refractivity contribution in [1.82, 2.24) is 10.2 Å². The summed E-state index contributed by atoms with van der Waals surface area (Å²) in [6, 6.07) is 11.8. The Bertz CT molecular complexity index is 1010. The first-order valence-electron chi connectivity index (χ1n) is 8.50. The number of aromatic carboxylic acids is 1. The number of nitrogens with zero attached hydrogens (tertiary/aromatic N) is 1. The maximum atomic E-state index is 12.5. The van der Waals surface area contributed by atoms with Gasteiger partial charge in [0.1, 0.15) is 18.0 Å². The van der Waals surface area contributed by atoms with Crippen LogP contribution in [0.15, 0.2) is 54.2 Å². The lowest BCUT2D eigenvalue weighted by molar-refractivity contribution is -0.127. The molecule has 0 aromatic heterocycles. The van der Waals surface area contributed by atoms with Gasteiger partial charge in [-0.1, -0.05) is 24.3 Å². The first-order chi connectivity index (χ1) is 13.9. The minimum Gasteiger partial charge on any atom is -0.495 e. The topological polar surface area (TPSA) is 125 Å². The molecule has 148 valence electrons. The van der Waals surface area contributed by atoms with Crippen LogP contribution in [-0.2, 0) is 9.59 Å². The van der Waals surface area contributed by atoms with Crippen molar-refractivity contribution in [2.75, 3.05) is 19.0 Å². The van der Waals surface area contributed by atoms with E-state index in [1.165, 1.54) is 37.5 Å². The molecule has 3 rings (SSSR count). The molecule has 9 heteroatoms. The van der Waals surface area contributed by atoms with E-state index < -0.39 is 30.4 Å². The molecule has 0 unspecified atom stereocenters. The Balaban J connectivity index is 1.70. The van der Waals surface area contributed by atoms with Gasteiger partial charge in [-0.15, -0.1) is 0 Å². The average molecular weight is 395 g/mol. The fourth-order valence-electron chi connectivity index (χ4n) is 2.69. The molecule has 1 fully saturated rings. The third-order valence-corrected chi connectivity index (χ3v) is 4.11. The van der Waals surface area contributed by atoms with Crippen molar-refractivity contribution in [2.24, 2.45) is 0 Å². The van der Waals surface area contributed by atoms with Gasteiger partial charge in [0.25, 0.3) is 5.91 Å². The lowest BCUT2D eigenvalue weighted by atomic mass is 10.1. The maximum Gasteiger partial charge on any atom is 0.335 e. The monoisotopic (exact) mass is 395 g/mol. The van der Waals surface area contributed by atoms with Gasteiger partial charge in [-0.05, 0) is 35.9 Å². The van der Waals surface area contributed by atoms with E-state index in [2.05, 4.69) is 10.6 Å². The second-order valence-electron chi connectivity index (χ2n) is 6.06. The van der Waals surface area contributed by atoms with E-state index in [1.807, 2.05) is 0 Å². The molecule has 0 spiro atoms. The predicted molar refractivity (Wildman–Crippen MR) is 103 cm³/mol. The summed E-state index contributed by atoms with van der Waals surface area (Å²) >= 11 is 0. The van der Waals surface area contributed by atoms with Gasteiger partial charge in [-0.3, -0.25) is 9.59 Å². The molecule has 0 radical (unpaired) electrons. The lowest BCUT2D eigenvalue weighted by Crippen LogP contribution is -2.38. The molecule has 2 aromatic rings. The molecule has 1 heterocycles. The number of benzene rings is 2. The Labute approximate surface area is 165 Å². The van der Waals surface area contributed by atoms with Crippen molar-refractivity contribution in [3.63, 3.8) is 0 Å². The Kier molecular flexibility index (Phi) is 5.59. The lowest BCUT2D eigenvalue weighted by Gasteiger charge is -2.13. The number of carboxylic acid groups (broad SMARTS) is 1. The van der Waals surface area contributed by atoms with Gasteiger partial charge in [0.05, 0.1) is 18.4 Å². The number of carboxylic acids is 1. The van der Waals surface area contributed by atoms with Crippen LogP contribution in [0, 0.1) is 0 Å². The van der Waals surface area contributed by atoms with Gasteiger partial charge in [0.15, 0.2) is 0 Å². The highest BCUT2D eigenvalue weighted by molar-refractivity contribution is 6.16. The summed E-state index contributed by atoms with van der Waals surface area (Å²) in [6.07, 6.45) is 1.41. The van der Waals surface area contributed by atoms with Crippen molar-refractivity contribution in [1.29, 1.82) is 0 Å². The van der Waals surface area contributed by atoms with Gasteiger partial charge >= 0.3 is 12.0 Å². The minimum absolute atomic E-state index is 0.0110. The first kappa shape index (κ1) is 19.6. The average Bonchev–Trinajstić information content (AvgIpc) is 2.96. The highest BCUT2D eigenvalue weighted by Gasteiger charge is 2.35. The minimum atomic E-state index is -1.07. The van der Waals surface area contributed by atoms with Crippen LogP contribution in [0.25, 0.3) is 6.08 Å². The maximum absolute atomic E-state index is 12.5. The molecule has 1 aliphatic rings. The zero-order valence-electron chi connectivity index (χ0n) is 15.3. The number of ether oxygens (including phenoxy) is 1. The third kappa shape index (κ3) is 4.41. The number of nitrogens with one attached hydrogen (secondary N) is 2. The van der Waals surface area contributed by atoms with Crippen LogP contribution in [0.3, 0.4) is 0 Å². The summed E-state index contributed by atoms with van der Waals surface area (Å²) in [5.41, 5.74) is 1.03. The molecular weight excluding hydrogens is 378 g/mol. The van der Waals surface area contributed by atoms with E-state index in [-0.39, 0.29) is 11.3 Å². The Hall–Kier alpha value is -4.14. The second-order valence-corrected chi connectivity index (χ2v) is 6.06. The van der Waals surface area contributed by atoms with Gasteiger partial charge in [-0.2, -0.15) is 0 Å². The normalized spacial score (nSPS) is 14.7. The molecule has 0 aliphatic carbocycles. The predicted octanol–water partition coefficient (Wildman–Crippen LogP) is 1.92. The molecule has 0 saturated carbocycles. The highest BCUT2D eigenvalue weighted by atomic mass is 16.5. The third-order valence-electron chi connectivity index (χ3n) is 4.11. The number of amides is 4. The number of para-hydroxylation sites is 2. The summed E-state index contributed by atoms with van der Waals surface area (Å²) in [4.78, 5) is 48.5. The van der Waals surface area contributed by atoms with Crippen molar-refractivity contribution in [2.45, 2.75) is 0 Å². The number of anilines is 1. The molecule has 4 amide bonds. The van der Waals surface area contributed by atoms with Crippen LogP contribution >= 0.6 is 0 Å². The van der Waals surface area contributed by atoms with Crippen LogP contribution in [0.1, 0.15) is 15.9 Å². The second kappa shape index (κ2) is 8.26. The number of carbonyl (C=O) groups excluding carboxylic acids is 3. The van der Waals surface area contributed by atoms with E-state index in [0.29, 0.717) is 17.0 Å². The van der Waals surface area contributed by atoms with Crippen LogP contribution < -0.4 is 15.4 Å². The van der Waals surface area contributed by atoms with Gasteiger partial charge in [-0.25, -0.2) is 14.5 Å². The van der Waals surface area contributed by atoms with Crippen molar-refractivity contribution in [3.8, 4) is 5.75 Å². The first-order valence-corrected chi connectivity index (χ1v) is 8.50. The number of carbonyl (C=O) groups is 4. The van der Waals surface area contributed by atoms with E-state index in [9.17, 15) is 19.2 Å². The molecule has 0 atom stereocenters. The molecule has 2 aromatic carbocycles. The molecule has 1 saturated heterocycles. The molecule has 29 heavy (non-hydrogen) atoms. The fraction of sp³-hybridized carbons (Fsp3) is 0.100. The number of rotatable bonds is 6. The summed E-state index contributed by atoms with van der Waals surface area (Å²) in [5.74, 6) is -1.84. The standard InChI is InChI=1S/C20H17N3O6/c1-29-16-5-3-2-4-14(16)21-17(24)11-23-18(25)15(22-20(23)28)10-12-6-8-13(9-7-12)19(26)27/h2-10H,11H2,1H3,(H,21,24)(H,22,28)(H,26,27). The number of methoxy groups -OCH3 is 1. The number of imide groups is 1. The summed E-state index contributed by atoms with van der Waals surface area (Å²) in [6.45, 7) is -0.474. The quantitative estimate of drug-likeness (QED) is 0.507. The summed E-state index contributed by atoms with van der Waals surface area (Å²) in [7, 11) is 1.46. The summed E-state index contributed by atoms with van der Waals surface area (Å²) < 4.78 is 5.14. The molecule has 9 nitrogen and oxygen atoms in total. The number of hydrogen-bond donors (Lipinski definition) is 3. The van der Waals surface area contributed by atoms with Crippen LogP contribution in [0.2, 0.25) is 0 Å². The zero-order valence-corrected chi connectivity index (χ0v) is 15.3. The Morgan fingerprint density at radius 2 is 1.83 bits per heavy atom. The Morgan fingerprint density at radius 1 is 1.14 bits per heavy atom. The summed E-state index contributed by atoms with van der Waals surface area (Å²) in [5, 5.41) is 13.9. The van der Waals surface area contributed by atoms with Crippen LogP contribution in [0.5, 0.6) is 5.75 Å². The van der Waals surface area contributed by atoms with Crippen LogP contribution in [-0.4, -0.2) is 47.5 Å².